The molecule has 0 bridgehead atoms. The highest BCUT2D eigenvalue weighted by molar-refractivity contribution is 7.89. The van der Waals surface area contributed by atoms with Gasteiger partial charge >= 0.3 is 5.97 Å². The predicted molar refractivity (Wildman–Crippen MR) is 70.1 cm³/mol. The first-order valence-corrected chi connectivity index (χ1v) is 7.53. The van der Waals surface area contributed by atoms with E-state index in [4.69, 9.17) is 5.11 Å². The Balaban J connectivity index is 2.47. The summed E-state index contributed by atoms with van der Waals surface area (Å²) in [5.74, 6) is -4.59. The summed E-state index contributed by atoms with van der Waals surface area (Å²) in [7, 11) is -4.44. The van der Waals surface area contributed by atoms with Gasteiger partial charge in [-0.05, 0) is 18.6 Å². The summed E-state index contributed by atoms with van der Waals surface area (Å²) in [5, 5.41) is 8.92. The molecule has 1 aliphatic heterocycles. The summed E-state index contributed by atoms with van der Waals surface area (Å²) < 4.78 is 53.2. The molecule has 21 heavy (non-hydrogen) atoms. The molecule has 0 aromatic heterocycles. The molecule has 1 aliphatic rings. The minimum atomic E-state index is -4.44. The number of benzene rings is 1. The van der Waals surface area contributed by atoms with Crippen LogP contribution in [-0.4, -0.2) is 36.9 Å². The molecule has 0 spiro atoms. The molecule has 1 aromatic carbocycles. The predicted octanol–water partition coefficient (Wildman–Crippen LogP) is 1.53. The minimum Gasteiger partial charge on any atom is -0.481 e. The molecule has 0 fully saturated rings. The van der Waals surface area contributed by atoms with Crippen molar-refractivity contribution in [3.8, 4) is 0 Å². The summed E-state index contributed by atoms with van der Waals surface area (Å²) in [6.07, 6.45) is 2.71. The third kappa shape index (κ3) is 2.81. The van der Waals surface area contributed by atoms with E-state index in [0.29, 0.717) is 0 Å². The maximum Gasteiger partial charge on any atom is 0.311 e. The lowest BCUT2D eigenvalue weighted by atomic mass is 10.1. The number of carboxylic acids is 1. The Morgan fingerprint density at radius 3 is 2.67 bits per heavy atom. The number of carbonyl (C=O) groups is 1. The van der Waals surface area contributed by atoms with Crippen LogP contribution in [0.1, 0.15) is 5.56 Å². The molecular weight excluding hydrogens is 304 g/mol. The molecule has 2 rings (SSSR count). The third-order valence-corrected chi connectivity index (χ3v) is 5.10. The zero-order valence-electron chi connectivity index (χ0n) is 11.1. The lowest BCUT2D eigenvalue weighted by molar-refractivity contribution is -0.140. The summed E-state index contributed by atoms with van der Waals surface area (Å²) in [5.41, 5.74) is -0.00249. The first kappa shape index (κ1) is 15.6. The second kappa shape index (κ2) is 5.53. The zero-order chi connectivity index (χ0) is 15.8. The van der Waals surface area contributed by atoms with Crippen LogP contribution in [0.2, 0.25) is 0 Å². The Hall–Kier alpha value is -1.80. The molecule has 5 nitrogen and oxygen atoms in total. The normalized spacial score (nSPS) is 19.7. The SMILES string of the molecule is Cc1ccc(F)c(S(=O)(=O)N2CC=CC(C(=O)O)C2)c1F. The molecule has 0 saturated heterocycles. The maximum absolute atomic E-state index is 14.0. The highest BCUT2D eigenvalue weighted by atomic mass is 32.2. The van der Waals surface area contributed by atoms with E-state index in [9.17, 15) is 22.0 Å². The van der Waals surface area contributed by atoms with Crippen molar-refractivity contribution in [2.45, 2.75) is 11.8 Å². The van der Waals surface area contributed by atoms with Crippen molar-refractivity contribution in [2.75, 3.05) is 13.1 Å². The van der Waals surface area contributed by atoms with Crippen LogP contribution in [0, 0.1) is 24.5 Å². The van der Waals surface area contributed by atoms with E-state index in [1.54, 1.807) is 0 Å². The van der Waals surface area contributed by atoms with Gasteiger partial charge in [-0.1, -0.05) is 18.2 Å². The fourth-order valence-corrected chi connectivity index (χ4v) is 3.65. The lowest BCUT2D eigenvalue weighted by Crippen LogP contribution is -2.40. The molecule has 0 aliphatic carbocycles. The van der Waals surface area contributed by atoms with Crippen LogP contribution in [0.5, 0.6) is 0 Å². The van der Waals surface area contributed by atoms with Crippen LogP contribution in [0.3, 0.4) is 0 Å². The first-order chi connectivity index (χ1) is 9.75. The number of nitrogens with zero attached hydrogens (tertiary/aromatic N) is 1. The van der Waals surface area contributed by atoms with E-state index in [0.717, 1.165) is 16.4 Å². The largest absolute Gasteiger partial charge is 0.481 e. The van der Waals surface area contributed by atoms with Crippen molar-refractivity contribution in [3.05, 3.63) is 41.5 Å². The first-order valence-electron chi connectivity index (χ1n) is 6.09. The second-order valence-corrected chi connectivity index (χ2v) is 6.58. The van der Waals surface area contributed by atoms with E-state index in [2.05, 4.69) is 0 Å². The Morgan fingerprint density at radius 2 is 2.05 bits per heavy atom. The fraction of sp³-hybridized carbons (Fsp3) is 0.308. The molecule has 114 valence electrons. The maximum atomic E-state index is 14.0. The summed E-state index contributed by atoms with van der Waals surface area (Å²) in [4.78, 5) is 9.89. The van der Waals surface area contributed by atoms with Gasteiger partial charge in [0, 0.05) is 13.1 Å². The Morgan fingerprint density at radius 1 is 1.38 bits per heavy atom. The quantitative estimate of drug-likeness (QED) is 0.858. The fourth-order valence-electron chi connectivity index (χ4n) is 2.05. The lowest BCUT2D eigenvalue weighted by Gasteiger charge is -2.26. The Labute approximate surface area is 120 Å². The number of aliphatic carboxylic acids is 1. The van der Waals surface area contributed by atoms with Gasteiger partial charge in [0.15, 0.2) is 4.90 Å². The van der Waals surface area contributed by atoms with Gasteiger partial charge in [-0.3, -0.25) is 4.79 Å². The molecular formula is C13H13F2NO4S. The zero-order valence-corrected chi connectivity index (χ0v) is 11.9. The molecule has 1 heterocycles. The molecule has 1 unspecified atom stereocenters. The van der Waals surface area contributed by atoms with E-state index in [1.165, 1.54) is 19.1 Å². The third-order valence-electron chi connectivity index (χ3n) is 3.23. The van der Waals surface area contributed by atoms with Gasteiger partial charge in [0.1, 0.15) is 11.6 Å². The van der Waals surface area contributed by atoms with Gasteiger partial charge in [0.2, 0.25) is 10.0 Å². The van der Waals surface area contributed by atoms with E-state index in [-0.39, 0.29) is 18.7 Å². The number of aryl methyl sites for hydroxylation is 1. The van der Waals surface area contributed by atoms with Crippen LogP contribution in [0.4, 0.5) is 8.78 Å². The van der Waals surface area contributed by atoms with Crippen molar-refractivity contribution in [3.63, 3.8) is 0 Å². The summed E-state index contributed by atoms with van der Waals surface area (Å²) in [6.45, 7) is 0.837. The minimum absolute atomic E-state index is 0.00249. The van der Waals surface area contributed by atoms with Gasteiger partial charge in [-0.2, -0.15) is 4.31 Å². The number of halogens is 2. The van der Waals surface area contributed by atoms with Gasteiger partial charge in [0.05, 0.1) is 5.92 Å². The molecule has 1 N–H and O–H groups in total. The van der Waals surface area contributed by atoms with Gasteiger partial charge in [0.25, 0.3) is 0 Å². The number of hydrogen-bond donors (Lipinski definition) is 1. The Bertz CT molecular complexity index is 715. The molecule has 1 atom stereocenters. The molecule has 1 aromatic rings. The molecule has 0 radical (unpaired) electrons. The number of rotatable bonds is 3. The van der Waals surface area contributed by atoms with E-state index < -0.39 is 38.4 Å². The van der Waals surface area contributed by atoms with Gasteiger partial charge < -0.3 is 5.11 Å². The monoisotopic (exact) mass is 317 g/mol. The van der Waals surface area contributed by atoms with Gasteiger partial charge in [-0.25, -0.2) is 17.2 Å². The topological polar surface area (TPSA) is 74.7 Å². The average Bonchev–Trinajstić information content (AvgIpc) is 2.43. The molecule has 0 saturated carbocycles. The summed E-state index contributed by atoms with van der Waals surface area (Å²) in [6, 6.07) is 2.01. The molecule has 0 amide bonds. The van der Waals surface area contributed by atoms with Crippen LogP contribution in [-0.2, 0) is 14.8 Å². The standard InChI is InChI=1S/C13H13F2NO4S/c1-8-4-5-10(14)12(11(8)15)21(19,20)16-6-2-3-9(7-16)13(17)18/h2-5,9H,6-7H2,1H3,(H,17,18). The number of hydrogen-bond acceptors (Lipinski definition) is 3. The summed E-state index contributed by atoms with van der Waals surface area (Å²) >= 11 is 0. The smallest absolute Gasteiger partial charge is 0.311 e. The van der Waals surface area contributed by atoms with Crippen molar-refractivity contribution < 1.29 is 27.1 Å². The second-order valence-electron chi connectivity index (χ2n) is 4.70. The number of carboxylic acid groups (broad SMARTS) is 1. The van der Waals surface area contributed by atoms with Gasteiger partial charge in [-0.15, -0.1) is 0 Å². The van der Waals surface area contributed by atoms with Crippen LogP contribution in [0.15, 0.2) is 29.2 Å². The van der Waals surface area contributed by atoms with Crippen LogP contribution >= 0.6 is 0 Å². The van der Waals surface area contributed by atoms with Crippen molar-refractivity contribution in [1.82, 2.24) is 4.31 Å². The van der Waals surface area contributed by atoms with Crippen LogP contribution in [0.25, 0.3) is 0 Å². The van der Waals surface area contributed by atoms with E-state index in [1.807, 2.05) is 0 Å². The molecule has 8 heteroatoms. The highest BCUT2D eigenvalue weighted by Crippen LogP contribution is 2.26. The Kier molecular flexibility index (Phi) is 4.11. The van der Waals surface area contributed by atoms with Crippen molar-refractivity contribution in [2.24, 2.45) is 5.92 Å². The van der Waals surface area contributed by atoms with Crippen LogP contribution < -0.4 is 0 Å². The van der Waals surface area contributed by atoms with Crippen molar-refractivity contribution in [1.29, 1.82) is 0 Å². The van der Waals surface area contributed by atoms with E-state index >= 15 is 0 Å². The number of sulfonamides is 1. The highest BCUT2D eigenvalue weighted by Gasteiger charge is 2.35. The van der Waals surface area contributed by atoms with Crippen molar-refractivity contribution >= 4 is 16.0 Å². The average molecular weight is 317 g/mol.